The first kappa shape index (κ1) is 21.6. The van der Waals surface area contributed by atoms with Crippen molar-refractivity contribution >= 4 is 17.5 Å². The summed E-state index contributed by atoms with van der Waals surface area (Å²) in [6, 6.07) is 13.9. The van der Waals surface area contributed by atoms with Crippen LogP contribution in [0.2, 0.25) is 0 Å². The predicted molar refractivity (Wildman–Crippen MR) is 122 cm³/mol. The number of carbonyl (C=O) groups is 1. The van der Waals surface area contributed by atoms with Gasteiger partial charge >= 0.3 is 5.97 Å². The molecule has 0 bridgehead atoms. The van der Waals surface area contributed by atoms with Gasteiger partial charge in [0.2, 0.25) is 0 Å². The first-order valence-corrected chi connectivity index (χ1v) is 10.5. The number of benzene rings is 2. The molecule has 0 saturated heterocycles. The van der Waals surface area contributed by atoms with Crippen LogP contribution in [0.3, 0.4) is 0 Å². The van der Waals surface area contributed by atoms with Crippen LogP contribution in [-0.2, 0) is 11.3 Å². The summed E-state index contributed by atoms with van der Waals surface area (Å²) in [5.41, 5.74) is 4.21. The summed E-state index contributed by atoms with van der Waals surface area (Å²) < 4.78 is 24.5. The fraction of sp³-hybridized carbons (Fsp3) is 0.280. The van der Waals surface area contributed by atoms with Crippen molar-refractivity contribution in [2.45, 2.75) is 26.4 Å². The summed E-state index contributed by atoms with van der Waals surface area (Å²) in [7, 11) is 1.37. The Morgan fingerprint density at radius 2 is 2.06 bits per heavy atom. The molecule has 3 aromatic rings. The summed E-state index contributed by atoms with van der Waals surface area (Å²) in [4.78, 5) is 18.5. The normalized spacial score (nSPS) is 13.7. The molecule has 0 aliphatic carbocycles. The molecule has 4 rings (SSSR count). The van der Waals surface area contributed by atoms with Crippen molar-refractivity contribution in [3.05, 3.63) is 82.8 Å². The standard InChI is InChI=1S/C25H26FN3O3/c1-16-14-27-24(28-17(2)19-7-9-20(10-8-19)25(30)31-3)22-23(16)32-12-11-29(22)15-18-5-4-6-21(26)13-18/h4-10,13-14,17H,11-12,15H2,1-3H3,(H,27,28)/t17-/m0/s1. The number of hydrogen-bond donors (Lipinski definition) is 1. The van der Waals surface area contributed by atoms with Crippen molar-refractivity contribution in [3.63, 3.8) is 0 Å². The van der Waals surface area contributed by atoms with Crippen molar-refractivity contribution in [2.24, 2.45) is 0 Å². The van der Waals surface area contributed by atoms with Gasteiger partial charge in [-0.1, -0.05) is 24.3 Å². The zero-order chi connectivity index (χ0) is 22.7. The lowest BCUT2D eigenvalue weighted by atomic mass is 10.1. The van der Waals surface area contributed by atoms with Gasteiger partial charge in [-0.25, -0.2) is 14.2 Å². The zero-order valence-corrected chi connectivity index (χ0v) is 18.4. The van der Waals surface area contributed by atoms with Crippen molar-refractivity contribution in [3.8, 4) is 5.75 Å². The number of aromatic nitrogens is 1. The predicted octanol–water partition coefficient (Wildman–Crippen LogP) is 4.89. The van der Waals surface area contributed by atoms with Crippen LogP contribution in [0, 0.1) is 12.7 Å². The number of halogens is 1. The van der Waals surface area contributed by atoms with Crippen LogP contribution in [0.25, 0.3) is 0 Å². The minimum atomic E-state index is -0.364. The number of methoxy groups -OCH3 is 1. The molecular formula is C25H26FN3O3. The van der Waals surface area contributed by atoms with E-state index in [9.17, 15) is 9.18 Å². The molecule has 0 amide bonds. The molecule has 1 aromatic heterocycles. The van der Waals surface area contributed by atoms with Gasteiger partial charge in [-0.15, -0.1) is 0 Å². The maximum absolute atomic E-state index is 13.7. The van der Waals surface area contributed by atoms with Crippen molar-refractivity contribution < 1.29 is 18.7 Å². The average molecular weight is 435 g/mol. The second kappa shape index (κ2) is 9.26. The first-order chi connectivity index (χ1) is 15.5. The lowest BCUT2D eigenvalue weighted by molar-refractivity contribution is 0.0600. The van der Waals surface area contributed by atoms with Gasteiger partial charge in [-0.05, 0) is 49.2 Å². The largest absolute Gasteiger partial charge is 0.489 e. The summed E-state index contributed by atoms with van der Waals surface area (Å²) in [6.45, 7) is 5.77. The number of ether oxygens (including phenoxy) is 2. The Balaban J connectivity index is 1.61. The number of fused-ring (bicyclic) bond motifs is 1. The molecule has 166 valence electrons. The number of aryl methyl sites for hydroxylation is 1. The van der Waals surface area contributed by atoms with Crippen LogP contribution in [0.15, 0.2) is 54.7 Å². The van der Waals surface area contributed by atoms with Crippen LogP contribution in [0.1, 0.15) is 40.0 Å². The molecule has 0 spiro atoms. The third-order valence-electron chi connectivity index (χ3n) is 5.56. The van der Waals surface area contributed by atoms with Crippen molar-refractivity contribution in [1.82, 2.24) is 4.98 Å². The van der Waals surface area contributed by atoms with Crippen LogP contribution in [0.4, 0.5) is 15.9 Å². The average Bonchev–Trinajstić information content (AvgIpc) is 2.80. The number of nitrogens with one attached hydrogen (secondary N) is 1. The molecule has 7 heteroatoms. The minimum Gasteiger partial charge on any atom is -0.489 e. The van der Waals surface area contributed by atoms with E-state index in [-0.39, 0.29) is 17.8 Å². The molecule has 2 heterocycles. The van der Waals surface area contributed by atoms with Gasteiger partial charge in [-0.3, -0.25) is 0 Å². The van der Waals surface area contributed by atoms with Gasteiger partial charge in [0.05, 0.1) is 25.3 Å². The van der Waals surface area contributed by atoms with Crippen LogP contribution >= 0.6 is 0 Å². The lowest BCUT2D eigenvalue weighted by Crippen LogP contribution is -2.33. The van der Waals surface area contributed by atoms with Crippen LogP contribution in [0.5, 0.6) is 5.75 Å². The van der Waals surface area contributed by atoms with Gasteiger partial charge in [0.1, 0.15) is 18.1 Å². The number of rotatable bonds is 6. The highest BCUT2D eigenvalue weighted by Gasteiger charge is 2.26. The molecule has 2 aromatic carbocycles. The Hall–Kier alpha value is -3.61. The monoisotopic (exact) mass is 435 g/mol. The fourth-order valence-electron chi connectivity index (χ4n) is 3.85. The highest BCUT2D eigenvalue weighted by Crippen LogP contribution is 2.41. The third kappa shape index (κ3) is 4.51. The lowest BCUT2D eigenvalue weighted by Gasteiger charge is -2.34. The Morgan fingerprint density at radius 1 is 1.28 bits per heavy atom. The first-order valence-electron chi connectivity index (χ1n) is 10.5. The van der Waals surface area contributed by atoms with E-state index >= 15 is 0 Å². The van der Waals surface area contributed by atoms with Crippen LogP contribution < -0.4 is 15.0 Å². The van der Waals surface area contributed by atoms with Gasteiger partial charge in [0, 0.05) is 18.3 Å². The number of anilines is 2. The van der Waals surface area contributed by atoms with Crippen molar-refractivity contribution in [1.29, 1.82) is 0 Å². The van der Waals surface area contributed by atoms with E-state index in [2.05, 4.69) is 15.2 Å². The molecule has 6 nitrogen and oxygen atoms in total. The Morgan fingerprint density at radius 3 is 2.78 bits per heavy atom. The quantitative estimate of drug-likeness (QED) is 0.557. The summed E-state index contributed by atoms with van der Waals surface area (Å²) >= 11 is 0. The minimum absolute atomic E-state index is 0.0704. The molecule has 1 aliphatic rings. The molecule has 0 saturated carbocycles. The Kier molecular flexibility index (Phi) is 6.25. The van der Waals surface area contributed by atoms with Gasteiger partial charge in [0.25, 0.3) is 0 Å². The topological polar surface area (TPSA) is 63.7 Å². The number of esters is 1. The van der Waals surface area contributed by atoms with Crippen LogP contribution in [-0.4, -0.2) is 31.2 Å². The van der Waals surface area contributed by atoms with E-state index in [1.165, 1.54) is 13.2 Å². The van der Waals surface area contributed by atoms with Gasteiger partial charge in [0.15, 0.2) is 11.6 Å². The number of hydrogen-bond acceptors (Lipinski definition) is 6. The molecule has 1 aliphatic heterocycles. The Bertz CT molecular complexity index is 1120. The number of carbonyl (C=O) groups excluding carboxylic acids is 1. The SMILES string of the molecule is COC(=O)c1ccc([C@H](C)Nc2ncc(C)c3c2N(Cc2cccc(F)c2)CCO3)cc1. The van der Waals surface area contributed by atoms with E-state index < -0.39 is 0 Å². The van der Waals surface area contributed by atoms with E-state index in [4.69, 9.17) is 9.47 Å². The Labute approximate surface area is 187 Å². The molecule has 1 atom stereocenters. The smallest absolute Gasteiger partial charge is 0.337 e. The van der Waals surface area contributed by atoms with E-state index in [0.717, 1.165) is 28.1 Å². The van der Waals surface area contributed by atoms with Gasteiger partial charge < -0.3 is 19.7 Å². The van der Waals surface area contributed by atoms with E-state index in [1.807, 2.05) is 32.0 Å². The molecular weight excluding hydrogens is 409 g/mol. The molecule has 32 heavy (non-hydrogen) atoms. The molecule has 1 N–H and O–H groups in total. The fourth-order valence-corrected chi connectivity index (χ4v) is 3.85. The van der Waals surface area contributed by atoms with Gasteiger partial charge in [-0.2, -0.15) is 0 Å². The highest BCUT2D eigenvalue weighted by molar-refractivity contribution is 5.89. The second-order valence-electron chi connectivity index (χ2n) is 7.85. The third-order valence-corrected chi connectivity index (χ3v) is 5.56. The summed E-state index contributed by atoms with van der Waals surface area (Å²) in [5.74, 6) is 0.877. The maximum atomic E-state index is 13.7. The molecule has 0 radical (unpaired) electrons. The number of pyridine rings is 1. The van der Waals surface area contributed by atoms with E-state index in [1.54, 1.807) is 30.5 Å². The number of nitrogens with zero attached hydrogens (tertiary/aromatic N) is 2. The molecule has 0 unspecified atom stereocenters. The summed E-state index contributed by atoms with van der Waals surface area (Å²) in [6.07, 6.45) is 1.79. The zero-order valence-electron chi connectivity index (χ0n) is 18.4. The maximum Gasteiger partial charge on any atom is 0.337 e. The van der Waals surface area contributed by atoms with E-state index in [0.29, 0.717) is 31.1 Å². The van der Waals surface area contributed by atoms with Crippen molar-refractivity contribution in [2.75, 3.05) is 30.5 Å². The summed E-state index contributed by atoms with van der Waals surface area (Å²) in [5, 5.41) is 3.48. The highest BCUT2D eigenvalue weighted by atomic mass is 19.1. The second-order valence-corrected chi connectivity index (χ2v) is 7.85. The molecule has 0 fully saturated rings.